The molecule has 0 amide bonds. The fourth-order valence-corrected chi connectivity index (χ4v) is 5.12. The lowest BCUT2D eigenvalue weighted by Crippen LogP contribution is -2.53. The number of carbonyl (C=O) groups is 1. The Hall–Kier alpha value is -1.85. The molecule has 2 fully saturated rings. The maximum absolute atomic E-state index is 13.3. The third-order valence-electron chi connectivity index (χ3n) is 6.81. The summed E-state index contributed by atoms with van der Waals surface area (Å²) in [5.41, 5.74) is 1.36. The monoisotopic (exact) mass is 385 g/mol. The standard InChI is InChI=1S/C23H31NO4/c1-15-7-5-6-12-24(15)13-18-20(25)11-10-17-22(26)19(14-28-23(17)18)16-8-3-4-9-21(16)27-2/h3-4,8-9,14-15,17-18,20,23,25H,5-7,10-13H2,1-2H3. The number of allylic oxidation sites excluding steroid dienone is 1. The second kappa shape index (κ2) is 8.26. The lowest BCUT2D eigenvalue weighted by molar-refractivity contribution is -0.134. The molecule has 0 bridgehead atoms. The molecule has 1 N–H and O–H groups in total. The first-order valence-corrected chi connectivity index (χ1v) is 10.6. The summed E-state index contributed by atoms with van der Waals surface area (Å²) in [6.07, 6.45) is 5.95. The van der Waals surface area contributed by atoms with Crippen molar-refractivity contribution < 1.29 is 19.4 Å². The van der Waals surface area contributed by atoms with Crippen molar-refractivity contribution in [3.63, 3.8) is 0 Å². The van der Waals surface area contributed by atoms with Crippen LogP contribution in [0.1, 0.15) is 44.6 Å². The molecule has 3 aliphatic rings. The summed E-state index contributed by atoms with van der Waals surface area (Å²) < 4.78 is 11.6. The van der Waals surface area contributed by atoms with E-state index < -0.39 is 6.10 Å². The number of Topliss-reactive ketones (excluding diaryl/α,β-unsaturated/α-hetero) is 1. The molecule has 5 unspecified atom stereocenters. The van der Waals surface area contributed by atoms with Gasteiger partial charge in [0.25, 0.3) is 0 Å². The van der Waals surface area contributed by atoms with Crippen LogP contribution in [-0.2, 0) is 9.53 Å². The number of aliphatic hydroxyl groups excluding tert-OH is 1. The van der Waals surface area contributed by atoms with Gasteiger partial charge in [-0.1, -0.05) is 24.6 Å². The van der Waals surface area contributed by atoms with Gasteiger partial charge in [-0.3, -0.25) is 4.79 Å². The first kappa shape index (κ1) is 19.5. The summed E-state index contributed by atoms with van der Waals surface area (Å²) in [5.74, 6) is 0.570. The zero-order valence-corrected chi connectivity index (χ0v) is 16.8. The molecule has 5 heteroatoms. The van der Waals surface area contributed by atoms with Crippen LogP contribution in [0, 0.1) is 11.8 Å². The Kier molecular flexibility index (Phi) is 5.74. The fraction of sp³-hybridized carbons (Fsp3) is 0.609. The van der Waals surface area contributed by atoms with Crippen molar-refractivity contribution in [3.05, 3.63) is 36.1 Å². The van der Waals surface area contributed by atoms with Crippen molar-refractivity contribution in [1.82, 2.24) is 4.90 Å². The lowest BCUT2D eigenvalue weighted by Gasteiger charge is -2.45. The number of fused-ring (bicyclic) bond motifs is 1. The maximum atomic E-state index is 13.3. The second-order valence-electron chi connectivity index (χ2n) is 8.45. The average Bonchev–Trinajstić information content (AvgIpc) is 2.72. The molecule has 0 aromatic heterocycles. The SMILES string of the molecule is COc1ccccc1C1=COC2C(CCC(O)C2CN2CCCCC2C)C1=O. The average molecular weight is 386 g/mol. The molecule has 1 saturated heterocycles. The summed E-state index contributed by atoms with van der Waals surface area (Å²) >= 11 is 0. The summed E-state index contributed by atoms with van der Waals surface area (Å²) in [4.78, 5) is 15.8. The number of hydrogen-bond acceptors (Lipinski definition) is 5. The molecule has 0 spiro atoms. The van der Waals surface area contributed by atoms with Crippen molar-refractivity contribution >= 4 is 11.4 Å². The van der Waals surface area contributed by atoms with Crippen LogP contribution in [0.4, 0.5) is 0 Å². The second-order valence-corrected chi connectivity index (χ2v) is 8.45. The quantitative estimate of drug-likeness (QED) is 0.862. The summed E-state index contributed by atoms with van der Waals surface area (Å²) in [7, 11) is 1.61. The molecule has 1 aromatic rings. The van der Waals surface area contributed by atoms with Crippen LogP contribution in [-0.4, -0.2) is 54.2 Å². The first-order chi connectivity index (χ1) is 13.6. The smallest absolute Gasteiger partial charge is 0.173 e. The van der Waals surface area contributed by atoms with E-state index in [4.69, 9.17) is 9.47 Å². The number of ether oxygens (including phenoxy) is 2. The van der Waals surface area contributed by atoms with Gasteiger partial charge in [0.1, 0.15) is 11.9 Å². The van der Waals surface area contributed by atoms with Crippen LogP contribution in [0.5, 0.6) is 5.75 Å². The van der Waals surface area contributed by atoms with Crippen molar-refractivity contribution in [3.8, 4) is 5.75 Å². The number of methoxy groups -OCH3 is 1. The number of carbonyl (C=O) groups excluding carboxylic acids is 1. The molecular formula is C23H31NO4. The largest absolute Gasteiger partial charge is 0.496 e. The Morgan fingerprint density at radius 2 is 2.04 bits per heavy atom. The third-order valence-corrected chi connectivity index (χ3v) is 6.81. The van der Waals surface area contributed by atoms with Gasteiger partial charge in [-0.15, -0.1) is 0 Å². The van der Waals surface area contributed by atoms with Crippen LogP contribution in [0.2, 0.25) is 0 Å². The van der Waals surface area contributed by atoms with Crippen molar-refractivity contribution in [2.45, 2.75) is 57.3 Å². The van der Waals surface area contributed by atoms with Crippen molar-refractivity contribution in [2.24, 2.45) is 11.8 Å². The van der Waals surface area contributed by atoms with E-state index in [-0.39, 0.29) is 23.7 Å². The van der Waals surface area contributed by atoms with Gasteiger partial charge in [-0.2, -0.15) is 0 Å². The van der Waals surface area contributed by atoms with E-state index >= 15 is 0 Å². The Bertz CT molecular complexity index is 746. The molecule has 28 heavy (non-hydrogen) atoms. The van der Waals surface area contributed by atoms with E-state index in [1.807, 2.05) is 24.3 Å². The van der Waals surface area contributed by atoms with E-state index in [0.717, 1.165) is 18.7 Å². The van der Waals surface area contributed by atoms with E-state index in [9.17, 15) is 9.90 Å². The summed E-state index contributed by atoms with van der Waals surface area (Å²) in [6.45, 7) is 4.13. The van der Waals surface area contributed by atoms with Gasteiger partial charge in [0, 0.05) is 24.1 Å². The highest BCUT2D eigenvalue weighted by atomic mass is 16.5. The van der Waals surface area contributed by atoms with Gasteiger partial charge in [0.05, 0.1) is 31.0 Å². The van der Waals surface area contributed by atoms with Gasteiger partial charge in [0.2, 0.25) is 0 Å². The molecular weight excluding hydrogens is 354 g/mol. The highest BCUT2D eigenvalue weighted by Gasteiger charge is 2.47. The van der Waals surface area contributed by atoms with E-state index in [1.54, 1.807) is 13.4 Å². The van der Waals surface area contributed by atoms with Crippen molar-refractivity contribution in [1.29, 1.82) is 0 Å². The number of para-hydroxylation sites is 1. The number of nitrogens with zero attached hydrogens (tertiary/aromatic N) is 1. The van der Waals surface area contributed by atoms with Crippen LogP contribution in [0.3, 0.4) is 0 Å². The minimum Gasteiger partial charge on any atom is -0.496 e. The molecule has 1 saturated carbocycles. The van der Waals surface area contributed by atoms with Crippen LogP contribution in [0.15, 0.2) is 30.5 Å². The number of hydrogen-bond donors (Lipinski definition) is 1. The molecule has 2 aliphatic heterocycles. The van der Waals surface area contributed by atoms with E-state index in [1.165, 1.54) is 19.3 Å². The Labute approximate surface area is 167 Å². The van der Waals surface area contributed by atoms with Crippen LogP contribution in [0.25, 0.3) is 5.57 Å². The van der Waals surface area contributed by atoms with E-state index in [2.05, 4.69) is 11.8 Å². The number of aliphatic hydroxyl groups is 1. The molecule has 2 heterocycles. The molecule has 1 aliphatic carbocycles. The van der Waals surface area contributed by atoms with Gasteiger partial charge in [-0.05, 0) is 45.2 Å². The van der Waals surface area contributed by atoms with Gasteiger partial charge in [0.15, 0.2) is 5.78 Å². The molecule has 5 nitrogen and oxygen atoms in total. The number of piperidine rings is 1. The number of rotatable bonds is 4. The minimum atomic E-state index is -0.413. The molecule has 5 atom stereocenters. The van der Waals surface area contributed by atoms with Gasteiger partial charge in [-0.25, -0.2) is 0 Å². The lowest BCUT2D eigenvalue weighted by atomic mass is 9.71. The summed E-state index contributed by atoms with van der Waals surface area (Å²) in [6, 6.07) is 8.09. The normalized spacial score (nSPS) is 33.6. The molecule has 4 rings (SSSR count). The van der Waals surface area contributed by atoms with Crippen LogP contribution >= 0.6 is 0 Å². The van der Waals surface area contributed by atoms with Crippen molar-refractivity contribution in [2.75, 3.05) is 20.2 Å². The maximum Gasteiger partial charge on any atom is 0.173 e. The summed E-state index contributed by atoms with van der Waals surface area (Å²) in [5, 5.41) is 10.7. The fourth-order valence-electron chi connectivity index (χ4n) is 5.12. The van der Waals surface area contributed by atoms with Gasteiger partial charge < -0.3 is 19.5 Å². The molecule has 1 aromatic carbocycles. The Morgan fingerprint density at radius 3 is 2.82 bits per heavy atom. The topological polar surface area (TPSA) is 59.0 Å². The number of benzene rings is 1. The number of ketones is 1. The Balaban J connectivity index is 1.57. The van der Waals surface area contributed by atoms with E-state index in [0.29, 0.717) is 30.2 Å². The zero-order chi connectivity index (χ0) is 19.7. The highest BCUT2D eigenvalue weighted by Crippen LogP contribution is 2.41. The predicted molar refractivity (Wildman–Crippen MR) is 108 cm³/mol. The van der Waals surface area contributed by atoms with Gasteiger partial charge >= 0.3 is 0 Å². The highest BCUT2D eigenvalue weighted by molar-refractivity contribution is 6.22. The number of likely N-dealkylation sites (tertiary alicyclic amines) is 1. The first-order valence-electron chi connectivity index (χ1n) is 10.6. The third kappa shape index (κ3) is 3.58. The predicted octanol–water partition coefficient (Wildman–Crippen LogP) is 3.27. The Morgan fingerprint density at radius 1 is 1.21 bits per heavy atom. The molecule has 0 radical (unpaired) electrons. The molecule has 152 valence electrons. The van der Waals surface area contributed by atoms with Crippen LogP contribution < -0.4 is 4.74 Å². The zero-order valence-electron chi connectivity index (χ0n) is 16.8. The minimum absolute atomic E-state index is 0.0290.